The molecule has 0 saturated carbocycles. The summed E-state index contributed by atoms with van der Waals surface area (Å²) in [5.74, 6) is -1.23. The van der Waals surface area contributed by atoms with Gasteiger partial charge in [-0.05, 0) is 52.2 Å². The molecule has 0 aliphatic carbocycles. The number of rotatable bonds is 2. The number of thiophene rings is 1. The Morgan fingerprint density at radius 3 is 2.24 bits per heavy atom. The van der Waals surface area contributed by atoms with Gasteiger partial charge in [0, 0.05) is 10.9 Å². The van der Waals surface area contributed by atoms with E-state index in [1.54, 1.807) is 0 Å². The lowest BCUT2D eigenvalue weighted by Gasteiger charge is -2.07. The molecule has 1 aromatic heterocycles. The summed E-state index contributed by atoms with van der Waals surface area (Å²) >= 11 is 11.1. The maximum absolute atomic E-state index is 13.1. The quantitative estimate of drug-likeness (QED) is 0.641. The van der Waals surface area contributed by atoms with Crippen molar-refractivity contribution in [2.24, 2.45) is 0 Å². The molecule has 0 nitrogen and oxygen atoms in total. The van der Waals surface area contributed by atoms with Crippen molar-refractivity contribution in [3.05, 3.63) is 55.7 Å². The van der Waals surface area contributed by atoms with E-state index in [1.165, 1.54) is 23.5 Å². The number of aryl methyl sites for hydroxylation is 1. The van der Waals surface area contributed by atoms with Gasteiger partial charge in [-0.1, -0.05) is 0 Å². The molecule has 0 bridgehead atoms. The lowest BCUT2D eigenvalue weighted by atomic mass is 10.1. The molecular weight excluding hydrogens is 330 g/mol. The van der Waals surface area contributed by atoms with E-state index >= 15 is 0 Å². The molecule has 1 atom stereocenters. The second-order valence-corrected chi connectivity index (χ2v) is 6.51. The van der Waals surface area contributed by atoms with Crippen molar-refractivity contribution in [3.8, 4) is 0 Å². The lowest BCUT2D eigenvalue weighted by molar-refractivity contribution is 0.580. The molecule has 2 rings (SSSR count). The summed E-state index contributed by atoms with van der Waals surface area (Å²) in [6, 6.07) is 5.26. The van der Waals surface area contributed by atoms with E-state index in [0.717, 1.165) is 20.3 Å². The maximum atomic E-state index is 13.1. The summed E-state index contributed by atoms with van der Waals surface area (Å²) in [4.78, 5) is 0.862. The summed E-state index contributed by atoms with van der Waals surface area (Å²) < 4.78 is 27.1. The second kappa shape index (κ2) is 5.04. The molecule has 90 valence electrons. The van der Waals surface area contributed by atoms with Crippen LogP contribution in [0.2, 0.25) is 0 Å². The topological polar surface area (TPSA) is 0 Å². The predicted octanol–water partition coefficient (Wildman–Crippen LogP) is 5.43. The first-order chi connectivity index (χ1) is 7.97. The van der Waals surface area contributed by atoms with Crippen LogP contribution in [0.4, 0.5) is 8.78 Å². The van der Waals surface area contributed by atoms with Gasteiger partial charge in [0.15, 0.2) is 0 Å². The lowest BCUT2D eigenvalue weighted by Crippen LogP contribution is -1.93. The molecule has 17 heavy (non-hydrogen) atoms. The number of alkyl halides is 1. The Morgan fingerprint density at radius 1 is 1.18 bits per heavy atom. The normalized spacial score (nSPS) is 12.8. The highest BCUT2D eigenvalue weighted by Crippen LogP contribution is 2.38. The molecule has 1 unspecified atom stereocenters. The number of hydrogen-bond donors (Lipinski definition) is 0. The van der Waals surface area contributed by atoms with E-state index in [-0.39, 0.29) is 0 Å². The maximum Gasteiger partial charge on any atom is 0.126 e. The third-order valence-electron chi connectivity index (χ3n) is 2.30. The van der Waals surface area contributed by atoms with Gasteiger partial charge in [0.05, 0.1) is 9.16 Å². The monoisotopic (exact) mass is 336 g/mol. The van der Waals surface area contributed by atoms with Crippen LogP contribution in [0.15, 0.2) is 28.1 Å². The molecular formula is C12H8BrClF2S. The van der Waals surface area contributed by atoms with Gasteiger partial charge in [0.25, 0.3) is 0 Å². The first kappa shape index (κ1) is 13.0. The van der Waals surface area contributed by atoms with Gasteiger partial charge in [-0.15, -0.1) is 22.9 Å². The van der Waals surface area contributed by atoms with Crippen LogP contribution in [0.5, 0.6) is 0 Å². The highest BCUT2D eigenvalue weighted by atomic mass is 79.9. The number of hydrogen-bond acceptors (Lipinski definition) is 1. The Kier molecular flexibility index (Phi) is 3.85. The first-order valence-electron chi connectivity index (χ1n) is 4.83. The van der Waals surface area contributed by atoms with Crippen molar-refractivity contribution < 1.29 is 8.78 Å². The Labute approximate surface area is 115 Å². The van der Waals surface area contributed by atoms with Crippen LogP contribution in [0.3, 0.4) is 0 Å². The average Bonchev–Trinajstić information content (AvgIpc) is 2.57. The van der Waals surface area contributed by atoms with E-state index in [0.29, 0.717) is 5.56 Å². The second-order valence-electron chi connectivity index (χ2n) is 3.67. The Morgan fingerprint density at radius 2 is 1.76 bits per heavy atom. The summed E-state index contributed by atoms with van der Waals surface area (Å²) in [6.45, 7) is 1.94. The molecule has 0 N–H and O–H groups in total. The molecule has 0 amide bonds. The molecule has 0 saturated heterocycles. The Balaban J connectivity index is 2.39. The SMILES string of the molecule is Cc1cc(C(Cl)c2cc(F)cc(F)c2)sc1Br. The zero-order chi connectivity index (χ0) is 12.6. The van der Waals surface area contributed by atoms with Crippen molar-refractivity contribution >= 4 is 38.9 Å². The van der Waals surface area contributed by atoms with Gasteiger partial charge in [-0.25, -0.2) is 8.78 Å². The minimum Gasteiger partial charge on any atom is -0.207 e. The van der Waals surface area contributed by atoms with Gasteiger partial charge < -0.3 is 0 Å². The standard InChI is InChI=1S/C12H8BrClF2S/c1-6-2-10(17-12(6)13)11(14)7-3-8(15)5-9(16)4-7/h2-5,11H,1H3. The van der Waals surface area contributed by atoms with Gasteiger partial charge in [-0.2, -0.15) is 0 Å². The predicted molar refractivity (Wildman–Crippen MR) is 70.8 cm³/mol. The first-order valence-corrected chi connectivity index (χ1v) is 6.88. The third kappa shape index (κ3) is 2.87. The highest BCUT2D eigenvalue weighted by Gasteiger charge is 2.16. The highest BCUT2D eigenvalue weighted by molar-refractivity contribution is 9.11. The van der Waals surface area contributed by atoms with Crippen molar-refractivity contribution in [1.82, 2.24) is 0 Å². The van der Waals surface area contributed by atoms with Crippen LogP contribution < -0.4 is 0 Å². The van der Waals surface area contributed by atoms with Crippen LogP contribution in [0.25, 0.3) is 0 Å². The van der Waals surface area contributed by atoms with Gasteiger partial charge in [0.1, 0.15) is 11.6 Å². The van der Waals surface area contributed by atoms with Gasteiger partial charge in [-0.3, -0.25) is 0 Å². The average molecular weight is 338 g/mol. The van der Waals surface area contributed by atoms with E-state index in [9.17, 15) is 8.78 Å². The largest absolute Gasteiger partial charge is 0.207 e. The smallest absolute Gasteiger partial charge is 0.126 e. The van der Waals surface area contributed by atoms with Crippen molar-refractivity contribution in [2.75, 3.05) is 0 Å². The zero-order valence-corrected chi connectivity index (χ0v) is 12.0. The molecule has 1 heterocycles. The van der Waals surface area contributed by atoms with Crippen LogP contribution >= 0.6 is 38.9 Å². The van der Waals surface area contributed by atoms with E-state index < -0.39 is 17.0 Å². The fourth-order valence-electron chi connectivity index (χ4n) is 1.49. The molecule has 0 aliphatic rings. The molecule has 5 heteroatoms. The molecule has 0 radical (unpaired) electrons. The molecule has 0 fully saturated rings. The number of benzene rings is 1. The van der Waals surface area contributed by atoms with Gasteiger partial charge >= 0.3 is 0 Å². The van der Waals surface area contributed by atoms with Crippen LogP contribution in [0.1, 0.15) is 21.4 Å². The van der Waals surface area contributed by atoms with Crippen LogP contribution in [0, 0.1) is 18.6 Å². The Bertz CT molecular complexity index is 514. The molecule has 1 aromatic carbocycles. The summed E-state index contributed by atoms with van der Waals surface area (Å²) in [6.07, 6.45) is 0. The minimum absolute atomic E-state index is 0.429. The van der Waals surface area contributed by atoms with Gasteiger partial charge in [0.2, 0.25) is 0 Å². The fourth-order valence-corrected chi connectivity index (χ4v) is 3.39. The summed E-state index contributed by atoms with van der Waals surface area (Å²) in [5, 5.41) is -0.532. The summed E-state index contributed by atoms with van der Waals surface area (Å²) in [5.41, 5.74) is 1.49. The third-order valence-corrected chi connectivity index (χ3v) is 5.12. The number of halogens is 4. The van der Waals surface area contributed by atoms with E-state index in [1.807, 2.05) is 13.0 Å². The van der Waals surface area contributed by atoms with Crippen molar-refractivity contribution in [3.63, 3.8) is 0 Å². The van der Waals surface area contributed by atoms with Crippen molar-refractivity contribution in [2.45, 2.75) is 12.3 Å². The fraction of sp³-hybridized carbons (Fsp3) is 0.167. The minimum atomic E-state index is -0.613. The molecule has 0 spiro atoms. The van der Waals surface area contributed by atoms with E-state index in [4.69, 9.17) is 11.6 Å². The van der Waals surface area contributed by atoms with E-state index in [2.05, 4.69) is 15.9 Å². The Hall–Kier alpha value is -0.450. The van der Waals surface area contributed by atoms with Crippen molar-refractivity contribution in [1.29, 1.82) is 0 Å². The molecule has 2 aromatic rings. The van der Waals surface area contributed by atoms with Crippen LogP contribution in [-0.4, -0.2) is 0 Å². The summed E-state index contributed by atoms with van der Waals surface area (Å²) in [7, 11) is 0. The molecule has 0 aliphatic heterocycles. The van der Waals surface area contributed by atoms with Crippen LogP contribution in [-0.2, 0) is 0 Å². The zero-order valence-electron chi connectivity index (χ0n) is 8.81.